The molecular formula is C22H23N3O3. The van der Waals surface area contributed by atoms with Crippen molar-refractivity contribution in [3.05, 3.63) is 71.9 Å². The molecule has 1 aromatic heterocycles. The molecule has 0 aliphatic carbocycles. The van der Waals surface area contributed by atoms with Crippen LogP contribution in [0.3, 0.4) is 0 Å². The Hall–Kier alpha value is -3.54. The lowest BCUT2D eigenvalue weighted by Gasteiger charge is -2.12. The predicted molar refractivity (Wildman–Crippen MR) is 111 cm³/mol. The topological polar surface area (TPSA) is 72.5 Å². The summed E-state index contributed by atoms with van der Waals surface area (Å²) in [5, 5.41) is 5.99. The molecule has 0 bridgehead atoms. The van der Waals surface area contributed by atoms with Gasteiger partial charge in [-0.1, -0.05) is 23.8 Å². The van der Waals surface area contributed by atoms with E-state index in [4.69, 9.17) is 9.47 Å². The van der Waals surface area contributed by atoms with Gasteiger partial charge in [0.15, 0.2) is 6.61 Å². The van der Waals surface area contributed by atoms with E-state index in [9.17, 15) is 4.79 Å². The van der Waals surface area contributed by atoms with E-state index in [0.29, 0.717) is 17.3 Å². The zero-order chi connectivity index (χ0) is 19.9. The van der Waals surface area contributed by atoms with E-state index < -0.39 is 0 Å². The van der Waals surface area contributed by atoms with Crippen molar-refractivity contribution in [3.63, 3.8) is 0 Å². The van der Waals surface area contributed by atoms with Gasteiger partial charge in [0.1, 0.15) is 17.3 Å². The summed E-state index contributed by atoms with van der Waals surface area (Å²) in [5.74, 6) is 1.80. The standard InChI is InChI=1S/C22H23N3O3/c1-15-4-8-18(9-5-15)28-14-22(26)24-17-7-11-21(23-13-17)25-19-12-16(2)6-10-20(19)27-3/h4-13H,14H2,1-3H3,(H,23,25)(H,24,26). The molecule has 1 heterocycles. The first-order valence-electron chi connectivity index (χ1n) is 8.90. The lowest BCUT2D eigenvalue weighted by molar-refractivity contribution is -0.118. The van der Waals surface area contributed by atoms with Gasteiger partial charge >= 0.3 is 0 Å². The fraction of sp³-hybridized carbons (Fsp3) is 0.182. The third-order valence-electron chi connectivity index (χ3n) is 4.06. The summed E-state index contributed by atoms with van der Waals surface area (Å²) in [6.07, 6.45) is 1.59. The highest BCUT2D eigenvalue weighted by atomic mass is 16.5. The molecule has 6 nitrogen and oxygen atoms in total. The van der Waals surface area contributed by atoms with Crippen LogP contribution in [0.25, 0.3) is 0 Å². The Morgan fingerprint density at radius 1 is 1.00 bits per heavy atom. The maximum Gasteiger partial charge on any atom is 0.262 e. The highest BCUT2D eigenvalue weighted by Gasteiger charge is 2.07. The van der Waals surface area contributed by atoms with Gasteiger partial charge in [-0.25, -0.2) is 4.98 Å². The van der Waals surface area contributed by atoms with Crippen LogP contribution >= 0.6 is 0 Å². The molecule has 2 aromatic carbocycles. The van der Waals surface area contributed by atoms with Crippen LogP contribution in [-0.4, -0.2) is 24.6 Å². The molecule has 0 spiro atoms. The summed E-state index contributed by atoms with van der Waals surface area (Å²) in [6.45, 7) is 3.94. The van der Waals surface area contributed by atoms with Crippen LogP contribution in [0.15, 0.2) is 60.8 Å². The van der Waals surface area contributed by atoms with Crippen LogP contribution in [0.1, 0.15) is 11.1 Å². The van der Waals surface area contributed by atoms with E-state index in [0.717, 1.165) is 22.6 Å². The first-order chi connectivity index (χ1) is 13.5. The second kappa shape index (κ2) is 8.90. The van der Waals surface area contributed by atoms with E-state index >= 15 is 0 Å². The van der Waals surface area contributed by atoms with E-state index in [1.807, 2.05) is 56.3 Å². The Labute approximate surface area is 164 Å². The molecule has 6 heteroatoms. The van der Waals surface area contributed by atoms with Crippen LogP contribution < -0.4 is 20.1 Å². The number of hydrogen-bond acceptors (Lipinski definition) is 5. The number of benzene rings is 2. The number of pyridine rings is 1. The van der Waals surface area contributed by atoms with Crippen molar-refractivity contribution in [1.29, 1.82) is 0 Å². The summed E-state index contributed by atoms with van der Waals surface area (Å²) in [4.78, 5) is 16.4. The molecule has 1 amide bonds. The predicted octanol–water partition coefficient (Wildman–Crippen LogP) is 4.47. The number of rotatable bonds is 7. The minimum absolute atomic E-state index is 0.0659. The van der Waals surface area contributed by atoms with Crippen LogP contribution in [0, 0.1) is 13.8 Å². The van der Waals surface area contributed by atoms with Crippen molar-refractivity contribution in [1.82, 2.24) is 4.98 Å². The van der Waals surface area contributed by atoms with Gasteiger partial charge in [-0.2, -0.15) is 0 Å². The van der Waals surface area contributed by atoms with Crippen molar-refractivity contribution < 1.29 is 14.3 Å². The van der Waals surface area contributed by atoms with Gasteiger partial charge in [0, 0.05) is 0 Å². The average Bonchev–Trinajstić information content (AvgIpc) is 2.69. The largest absolute Gasteiger partial charge is 0.495 e. The lowest BCUT2D eigenvalue weighted by atomic mass is 10.2. The number of amides is 1. The minimum atomic E-state index is -0.247. The Balaban J connectivity index is 1.56. The Bertz CT molecular complexity index is 938. The monoisotopic (exact) mass is 377 g/mol. The Morgan fingerprint density at radius 2 is 1.75 bits per heavy atom. The number of carbonyl (C=O) groups is 1. The first kappa shape index (κ1) is 19.2. The smallest absolute Gasteiger partial charge is 0.262 e. The van der Waals surface area contributed by atoms with Crippen molar-refractivity contribution >= 4 is 23.1 Å². The summed E-state index contributed by atoms with van der Waals surface area (Å²) >= 11 is 0. The molecule has 0 fully saturated rings. The zero-order valence-corrected chi connectivity index (χ0v) is 16.2. The molecule has 3 rings (SSSR count). The highest BCUT2D eigenvalue weighted by molar-refractivity contribution is 5.91. The normalized spacial score (nSPS) is 10.2. The van der Waals surface area contributed by atoms with Gasteiger partial charge < -0.3 is 20.1 Å². The zero-order valence-electron chi connectivity index (χ0n) is 16.2. The summed E-state index contributed by atoms with van der Waals surface area (Å²) in [7, 11) is 1.63. The second-order valence-electron chi connectivity index (χ2n) is 6.41. The van der Waals surface area contributed by atoms with E-state index in [2.05, 4.69) is 15.6 Å². The molecule has 0 radical (unpaired) electrons. The molecule has 28 heavy (non-hydrogen) atoms. The molecule has 0 unspecified atom stereocenters. The van der Waals surface area contributed by atoms with Gasteiger partial charge in [-0.15, -0.1) is 0 Å². The molecule has 0 aliphatic heterocycles. The number of carbonyl (C=O) groups excluding carboxylic acids is 1. The summed E-state index contributed by atoms with van der Waals surface area (Å²) in [6, 6.07) is 17.0. The SMILES string of the molecule is COc1ccc(C)cc1Nc1ccc(NC(=O)COc2ccc(C)cc2)cn1. The third-order valence-corrected chi connectivity index (χ3v) is 4.06. The van der Waals surface area contributed by atoms with Gasteiger partial charge in [-0.3, -0.25) is 4.79 Å². The molecule has 0 saturated heterocycles. The summed E-state index contributed by atoms with van der Waals surface area (Å²) < 4.78 is 10.8. The molecule has 0 atom stereocenters. The highest BCUT2D eigenvalue weighted by Crippen LogP contribution is 2.28. The Morgan fingerprint density at radius 3 is 2.43 bits per heavy atom. The number of nitrogens with zero attached hydrogens (tertiary/aromatic N) is 1. The lowest BCUT2D eigenvalue weighted by Crippen LogP contribution is -2.20. The number of hydrogen-bond donors (Lipinski definition) is 2. The summed E-state index contributed by atoms with van der Waals surface area (Å²) in [5.41, 5.74) is 3.68. The first-order valence-corrected chi connectivity index (χ1v) is 8.90. The van der Waals surface area contributed by atoms with Crippen molar-refractivity contribution in [2.75, 3.05) is 24.4 Å². The number of aromatic nitrogens is 1. The Kier molecular flexibility index (Phi) is 6.11. The van der Waals surface area contributed by atoms with Gasteiger partial charge in [0.25, 0.3) is 5.91 Å². The van der Waals surface area contributed by atoms with Crippen molar-refractivity contribution in [3.8, 4) is 11.5 Å². The van der Waals surface area contributed by atoms with Crippen LogP contribution in [0.2, 0.25) is 0 Å². The maximum atomic E-state index is 12.1. The van der Waals surface area contributed by atoms with Crippen LogP contribution in [0.5, 0.6) is 11.5 Å². The van der Waals surface area contributed by atoms with Crippen LogP contribution in [-0.2, 0) is 4.79 Å². The van der Waals surface area contributed by atoms with E-state index in [-0.39, 0.29) is 12.5 Å². The fourth-order valence-corrected chi connectivity index (χ4v) is 2.58. The number of nitrogens with one attached hydrogen (secondary N) is 2. The van der Waals surface area contributed by atoms with E-state index in [1.54, 1.807) is 25.4 Å². The fourth-order valence-electron chi connectivity index (χ4n) is 2.58. The number of anilines is 3. The number of methoxy groups -OCH3 is 1. The number of aryl methyl sites for hydroxylation is 2. The van der Waals surface area contributed by atoms with E-state index in [1.165, 1.54) is 0 Å². The van der Waals surface area contributed by atoms with Crippen molar-refractivity contribution in [2.45, 2.75) is 13.8 Å². The molecule has 0 saturated carbocycles. The molecular weight excluding hydrogens is 354 g/mol. The van der Waals surface area contributed by atoms with Gasteiger partial charge in [-0.05, 0) is 55.8 Å². The molecule has 144 valence electrons. The third kappa shape index (κ3) is 5.23. The van der Waals surface area contributed by atoms with Crippen molar-refractivity contribution in [2.24, 2.45) is 0 Å². The minimum Gasteiger partial charge on any atom is -0.495 e. The second-order valence-corrected chi connectivity index (χ2v) is 6.41. The molecule has 0 aliphatic rings. The van der Waals surface area contributed by atoms with Crippen LogP contribution in [0.4, 0.5) is 17.2 Å². The average molecular weight is 377 g/mol. The number of ether oxygens (including phenoxy) is 2. The maximum absolute atomic E-state index is 12.1. The quantitative estimate of drug-likeness (QED) is 0.636. The van der Waals surface area contributed by atoms with Gasteiger partial charge in [0.2, 0.25) is 0 Å². The molecule has 3 aromatic rings. The molecule has 2 N–H and O–H groups in total. The van der Waals surface area contributed by atoms with Gasteiger partial charge in [0.05, 0.1) is 24.7 Å².